The summed E-state index contributed by atoms with van der Waals surface area (Å²) in [5.74, 6) is 0.832. The van der Waals surface area contributed by atoms with E-state index in [0.717, 1.165) is 21.0 Å². The van der Waals surface area contributed by atoms with Crippen LogP contribution in [0.5, 0.6) is 0 Å². The van der Waals surface area contributed by atoms with Gasteiger partial charge >= 0.3 is 0 Å². The lowest BCUT2D eigenvalue weighted by atomic mass is 10.2. The maximum atomic E-state index is 5.62. The third-order valence-electron chi connectivity index (χ3n) is 3.15. The Morgan fingerprint density at radius 1 is 1.20 bits per heavy atom. The van der Waals surface area contributed by atoms with Crippen LogP contribution in [0.4, 0.5) is 10.9 Å². The molecule has 8 heteroatoms. The average Bonchev–Trinajstić information content (AvgIpc) is 2.96. The molecule has 104 valence electrons. The molecule has 0 bridgehead atoms. The average molecular weight is 306 g/mol. The number of hydrogen-bond acceptors (Lipinski definition) is 8. The number of nitrogens with zero attached hydrogens (tertiary/aromatic N) is 4. The van der Waals surface area contributed by atoms with E-state index in [9.17, 15) is 0 Å². The third kappa shape index (κ3) is 2.20. The standard InChI is InChI=1S/C12H14N6S2/c1-5-7(3)19-11-8(5)9(14-4-15-11)16-6(2)10-17-18-12(13)20-10/h4,6H,1-3H3,(H2,13,18)(H,14,15,16). The van der Waals surface area contributed by atoms with Gasteiger partial charge in [-0.3, -0.25) is 0 Å². The Balaban J connectivity index is 1.98. The van der Waals surface area contributed by atoms with Crippen LogP contribution in [-0.2, 0) is 0 Å². The predicted molar refractivity (Wildman–Crippen MR) is 83.2 cm³/mol. The Kier molecular flexibility index (Phi) is 3.27. The number of rotatable bonds is 3. The molecular weight excluding hydrogens is 292 g/mol. The molecule has 0 spiro atoms. The molecule has 3 aromatic rings. The van der Waals surface area contributed by atoms with Gasteiger partial charge in [0.25, 0.3) is 0 Å². The monoisotopic (exact) mass is 306 g/mol. The minimum absolute atomic E-state index is 0.00232. The van der Waals surface area contributed by atoms with E-state index >= 15 is 0 Å². The smallest absolute Gasteiger partial charge is 0.203 e. The largest absolute Gasteiger partial charge is 0.374 e. The number of aromatic nitrogens is 4. The van der Waals surface area contributed by atoms with Gasteiger partial charge in [0.05, 0.1) is 11.4 Å². The highest BCUT2D eigenvalue weighted by Gasteiger charge is 2.16. The first-order chi connectivity index (χ1) is 9.56. The zero-order valence-electron chi connectivity index (χ0n) is 11.3. The van der Waals surface area contributed by atoms with E-state index in [1.165, 1.54) is 21.8 Å². The lowest BCUT2D eigenvalue weighted by molar-refractivity contribution is 0.835. The van der Waals surface area contributed by atoms with E-state index in [4.69, 9.17) is 5.73 Å². The Hall–Kier alpha value is -1.80. The Morgan fingerprint density at radius 3 is 2.70 bits per heavy atom. The van der Waals surface area contributed by atoms with E-state index in [0.29, 0.717) is 5.13 Å². The van der Waals surface area contributed by atoms with Crippen LogP contribution in [0.15, 0.2) is 6.33 Å². The number of hydrogen-bond donors (Lipinski definition) is 2. The molecule has 3 aromatic heterocycles. The number of nitrogen functional groups attached to an aromatic ring is 1. The summed E-state index contributed by atoms with van der Waals surface area (Å²) in [6.45, 7) is 6.21. The first kappa shape index (κ1) is 13.2. The van der Waals surface area contributed by atoms with Crippen LogP contribution in [0, 0.1) is 13.8 Å². The summed E-state index contributed by atoms with van der Waals surface area (Å²) in [5.41, 5.74) is 6.84. The first-order valence-electron chi connectivity index (χ1n) is 6.12. The van der Waals surface area contributed by atoms with E-state index in [1.54, 1.807) is 17.7 Å². The molecule has 3 rings (SSSR count). The van der Waals surface area contributed by atoms with Crippen LogP contribution < -0.4 is 11.1 Å². The Bertz CT molecular complexity index is 762. The summed E-state index contributed by atoms with van der Waals surface area (Å²) in [6.07, 6.45) is 1.58. The molecule has 0 saturated carbocycles. The molecule has 0 fully saturated rings. The molecule has 0 aliphatic rings. The molecule has 3 heterocycles. The number of fused-ring (bicyclic) bond motifs is 1. The van der Waals surface area contributed by atoms with Gasteiger partial charge in [0.1, 0.15) is 22.0 Å². The summed E-state index contributed by atoms with van der Waals surface area (Å²) >= 11 is 3.07. The van der Waals surface area contributed by atoms with Gasteiger partial charge in [-0.2, -0.15) is 0 Å². The molecule has 20 heavy (non-hydrogen) atoms. The molecule has 0 aromatic carbocycles. The maximum Gasteiger partial charge on any atom is 0.203 e. The highest BCUT2D eigenvalue weighted by molar-refractivity contribution is 7.18. The molecule has 3 N–H and O–H groups in total. The van der Waals surface area contributed by atoms with E-state index < -0.39 is 0 Å². The second kappa shape index (κ2) is 4.95. The van der Waals surface area contributed by atoms with Gasteiger partial charge in [-0.15, -0.1) is 21.5 Å². The molecule has 0 radical (unpaired) electrons. The van der Waals surface area contributed by atoms with Crippen LogP contribution in [0.2, 0.25) is 0 Å². The first-order valence-corrected chi connectivity index (χ1v) is 7.75. The van der Waals surface area contributed by atoms with Crippen molar-refractivity contribution in [1.82, 2.24) is 20.2 Å². The van der Waals surface area contributed by atoms with Gasteiger partial charge in [-0.25, -0.2) is 9.97 Å². The molecule has 0 saturated heterocycles. The zero-order chi connectivity index (χ0) is 14.3. The molecule has 0 aliphatic heterocycles. The second-order valence-electron chi connectivity index (χ2n) is 4.53. The van der Waals surface area contributed by atoms with Gasteiger partial charge in [0.2, 0.25) is 5.13 Å². The van der Waals surface area contributed by atoms with Crippen molar-refractivity contribution in [2.24, 2.45) is 0 Å². The summed E-state index contributed by atoms with van der Waals surface area (Å²) in [7, 11) is 0. The minimum atomic E-state index is 0.00232. The van der Waals surface area contributed by atoms with E-state index in [1.807, 2.05) is 6.92 Å². The predicted octanol–water partition coefficient (Wildman–Crippen LogP) is 2.91. The van der Waals surface area contributed by atoms with E-state index in [-0.39, 0.29) is 6.04 Å². The summed E-state index contributed by atoms with van der Waals surface area (Å²) in [4.78, 5) is 11.0. The molecule has 0 amide bonds. The minimum Gasteiger partial charge on any atom is -0.374 e. The SMILES string of the molecule is Cc1sc2ncnc(NC(C)c3nnc(N)s3)c2c1C. The quantitative estimate of drug-likeness (QED) is 0.773. The molecular formula is C12H14N6S2. The van der Waals surface area contributed by atoms with Gasteiger partial charge in [-0.1, -0.05) is 11.3 Å². The van der Waals surface area contributed by atoms with Gasteiger partial charge in [0.15, 0.2) is 0 Å². The van der Waals surface area contributed by atoms with Crippen molar-refractivity contribution in [2.45, 2.75) is 26.8 Å². The Labute approximate surface area is 124 Å². The molecule has 1 atom stereocenters. The number of nitrogens with two attached hydrogens (primary N) is 1. The van der Waals surface area contributed by atoms with Crippen LogP contribution in [-0.4, -0.2) is 20.2 Å². The topological polar surface area (TPSA) is 89.6 Å². The van der Waals surface area contributed by atoms with Gasteiger partial charge in [0, 0.05) is 4.88 Å². The van der Waals surface area contributed by atoms with Crippen molar-refractivity contribution in [3.05, 3.63) is 21.8 Å². The fourth-order valence-corrected chi connectivity index (χ4v) is 3.59. The maximum absolute atomic E-state index is 5.62. The summed E-state index contributed by atoms with van der Waals surface area (Å²) < 4.78 is 0. The third-order valence-corrected chi connectivity index (χ3v) is 5.20. The normalized spacial score (nSPS) is 12.8. The number of anilines is 2. The van der Waals surface area contributed by atoms with Crippen LogP contribution in [0.1, 0.15) is 28.4 Å². The Morgan fingerprint density at radius 2 is 2.00 bits per heavy atom. The number of nitrogens with one attached hydrogen (secondary N) is 1. The van der Waals surface area contributed by atoms with Crippen LogP contribution in [0.3, 0.4) is 0 Å². The molecule has 1 unspecified atom stereocenters. The highest BCUT2D eigenvalue weighted by atomic mass is 32.1. The fraction of sp³-hybridized carbons (Fsp3) is 0.333. The highest BCUT2D eigenvalue weighted by Crippen LogP contribution is 2.34. The summed E-state index contributed by atoms with van der Waals surface area (Å²) in [5, 5.41) is 13.7. The van der Waals surface area contributed by atoms with Crippen molar-refractivity contribution >= 4 is 43.8 Å². The van der Waals surface area contributed by atoms with Gasteiger partial charge in [-0.05, 0) is 26.3 Å². The van der Waals surface area contributed by atoms with Crippen molar-refractivity contribution in [2.75, 3.05) is 11.1 Å². The zero-order valence-corrected chi connectivity index (χ0v) is 13.0. The number of aryl methyl sites for hydroxylation is 2. The van der Waals surface area contributed by atoms with Crippen molar-refractivity contribution in [3.8, 4) is 0 Å². The number of thiophene rings is 1. The van der Waals surface area contributed by atoms with Crippen molar-refractivity contribution in [3.63, 3.8) is 0 Å². The lowest BCUT2D eigenvalue weighted by Gasteiger charge is -2.12. The second-order valence-corrected chi connectivity index (χ2v) is 6.77. The van der Waals surface area contributed by atoms with Crippen LogP contribution >= 0.6 is 22.7 Å². The fourth-order valence-electron chi connectivity index (χ4n) is 1.98. The summed E-state index contributed by atoms with van der Waals surface area (Å²) in [6, 6.07) is 0.00232. The van der Waals surface area contributed by atoms with Crippen molar-refractivity contribution in [1.29, 1.82) is 0 Å². The molecule has 0 aliphatic carbocycles. The van der Waals surface area contributed by atoms with Crippen LogP contribution in [0.25, 0.3) is 10.2 Å². The lowest BCUT2D eigenvalue weighted by Crippen LogP contribution is -2.08. The van der Waals surface area contributed by atoms with Crippen molar-refractivity contribution < 1.29 is 0 Å². The molecule has 6 nitrogen and oxygen atoms in total. The van der Waals surface area contributed by atoms with E-state index in [2.05, 4.69) is 39.3 Å². The van der Waals surface area contributed by atoms with Gasteiger partial charge < -0.3 is 11.1 Å².